The summed E-state index contributed by atoms with van der Waals surface area (Å²) < 4.78 is 0. The first-order valence-electron chi connectivity index (χ1n) is 8.24. The number of hydrogen-bond donors (Lipinski definition) is 0. The Morgan fingerprint density at radius 2 is 0.773 bits per heavy atom. The summed E-state index contributed by atoms with van der Waals surface area (Å²) in [6.45, 7) is 13.6. The van der Waals surface area contributed by atoms with Gasteiger partial charge in [-0.05, 0) is 34.8 Å². The largest absolute Gasteiger partial charge is 0.0622 e. The summed E-state index contributed by atoms with van der Waals surface area (Å²) >= 11 is 0. The van der Waals surface area contributed by atoms with Gasteiger partial charge in [-0.15, -0.1) is 0 Å². The Hall–Kier alpha value is -1.56. The molecule has 0 aromatic heterocycles. The molecule has 0 aliphatic carbocycles. The zero-order valence-electron chi connectivity index (χ0n) is 15.2. The Morgan fingerprint density at radius 1 is 0.500 bits per heavy atom. The lowest BCUT2D eigenvalue weighted by Crippen LogP contribution is -2.08. The van der Waals surface area contributed by atoms with Crippen LogP contribution in [0.4, 0.5) is 0 Å². The van der Waals surface area contributed by atoms with Gasteiger partial charge in [-0.3, -0.25) is 0 Å². The van der Waals surface area contributed by atoms with Gasteiger partial charge in [0, 0.05) is 0 Å². The molecule has 0 unspecified atom stereocenters. The first-order chi connectivity index (χ1) is 10.2. The van der Waals surface area contributed by atoms with Crippen LogP contribution in [0.15, 0.2) is 60.7 Å². The van der Waals surface area contributed by atoms with Crippen LogP contribution in [0.3, 0.4) is 0 Å². The summed E-state index contributed by atoms with van der Waals surface area (Å²) in [6, 6.07) is 21.3. The van der Waals surface area contributed by atoms with Crippen LogP contribution in [-0.2, 0) is 12.8 Å². The Labute approximate surface area is 137 Å². The van der Waals surface area contributed by atoms with Crippen molar-refractivity contribution >= 4 is 0 Å². The van der Waals surface area contributed by atoms with Crippen LogP contribution in [0.25, 0.3) is 0 Å². The van der Waals surface area contributed by atoms with Crippen LogP contribution in [-0.4, -0.2) is 0 Å². The van der Waals surface area contributed by atoms with E-state index in [1.807, 2.05) is 0 Å². The van der Waals surface area contributed by atoms with Crippen molar-refractivity contribution < 1.29 is 0 Å². The summed E-state index contributed by atoms with van der Waals surface area (Å²) in [5.74, 6) is 0. The van der Waals surface area contributed by atoms with E-state index < -0.39 is 0 Å². The van der Waals surface area contributed by atoms with Gasteiger partial charge in [-0.2, -0.15) is 0 Å². The van der Waals surface area contributed by atoms with E-state index in [-0.39, 0.29) is 0 Å². The molecule has 0 saturated heterocycles. The Kier molecular flexibility index (Phi) is 6.87. The monoisotopic (exact) mass is 296 g/mol. The minimum absolute atomic E-state index is 0.404. The van der Waals surface area contributed by atoms with Gasteiger partial charge in [-0.25, -0.2) is 0 Å². The highest BCUT2D eigenvalue weighted by molar-refractivity contribution is 5.16. The SMILES string of the molecule is CC(C)(C)Cc1ccccc1.CC(C)(C)Cc1ccccc1. The third-order valence-electron chi connectivity index (χ3n) is 3.15. The summed E-state index contributed by atoms with van der Waals surface area (Å²) in [6.07, 6.45) is 2.32. The molecule has 0 aliphatic heterocycles. The third kappa shape index (κ3) is 9.39. The fraction of sp³-hybridized carbons (Fsp3) is 0.455. The van der Waals surface area contributed by atoms with Crippen LogP contribution in [0, 0.1) is 10.8 Å². The second-order valence-corrected chi connectivity index (χ2v) is 8.45. The smallest absolute Gasteiger partial charge is 0.0230 e. The molecule has 0 bridgehead atoms. The van der Waals surface area contributed by atoms with Gasteiger partial charge in [-0.1, -0.05) is 102 Å². The molecule has 0 radical (unpaired) electrons. The summed E-state index contributed by atoms with van der Waals surface area (Å²) in [5, 5.41) is 0. The molecule has 0 atom stereocenters. The van der Waals surface area contributed by atoms with Crippen LogP contribution in [0.1, 0.15) is 52.7 Å². The van der Waals surface area contributed by atoms with E-state index >= 15 is 0 Å². The predicted molar refractivity (Wildman–Crippen MR) is 99.2 cm³/mol. The molecule has 22 heavy (non-hydrogen) atoms. The van der Waals surface area contributed by atoms with E-state index in [4.69, 9.17) is 0 Å². The van der Waals surface area contributed by atoms with Crippen molar-refractivity contribution in [2.75, 3.05) is 0 Å². The highest BCUT2D eigenvalue weighted by atomic mass is 14.2. The molecule has 0 heteroatoms. The van der Waals surface area contributed by atoms with E-state index in [1.54, 1.807) is 0 Å². The average Bonchev–Trinajstić information content (AvgIpc) is 2.38. The average molecular weight is 296 g/mol. The fourth-order valence-electron chi connectivity index (χ4n) is 2.42. The second-order valence-electron chi connectivity index (χ2n) is 8.45. The molecule has 2 aromatic rings. The molecule has 0 N–H and O–H groups in total. The zero-order valence-corrected chi connectivity index (χ0v) is 15.2. The Bertz CT molecular complexity index is 458. The quantitative estimate of drug-likeness (QED) is 0.589. The molecular formula is C22H32. The molecule has 2 aromatic carbocycles. The van der Waals surface area contributed by atoms with Gasteiger partial charge < -0.3 is 0 Å². The lowest BCUT2D eigenvalue weighted by Gasteiger charge is -2.17. The van der Waals surface area contributed by atoms with Crippen molar-refractivity contribution in [1.29, 1.82) is 0 Å². The van der Waals surface area contributed by atoms with Crippen molar-refractivity contribution in [1.82, 2.24) is 0 Å². The molecular weight excluding hydrogens is 264 g/mol. The second kappa shape index (κ2) is 8.17. The predicted octanol–water partition coefficient (Wildman–Crippen LogP) is 6.55. The molecule has 0 heterocycles. The Morgan fingerprint density at radius 3 is 1.00 bits per heavy atom. The lowest BCUT2D eigenvalue weighted by atomic mass is 9.88. The minimum atomic E-state index is 0.404. The molecule has 0 nitrogen and oxygen atoms in total. The van der Waals surface area contributed by atoms with Crippen molar-refractivity contribution in [2.45, 2.75) is 54.4 Å². The fourth-order valence-corrected chi connectivity index (χ4v) is 2.42. The Balaban J connectivity index is 0.000000220. The first kappa shape index (κ1) is 18.5. The highest BCUT2D eigenvalue weighted by Gasteiger charge is 2.10. The van der Waals surface area contributed by atoms with Crippen molar-refractivity contribution in [2.24, 2.45) is 10.8 Å². The van der Waals surface area contributed by atoms with Gasteiger partial charge in [0.05, 0.1) is 0 Å². The standard InChI is InChI=1S/2C11H16/c2*1-11(2,3)9-10-7-5-4-6-8-10/h2*4-8H,9H2,1-3H3. The van der Waals surface area contributed by atoms with E-state index in [2.05, 4.69) is 102 Å². The van der Waals surface area contributed by atoms with Gasteiger partial charge in [0.15, 0.2) is 0 Å². The van der Waals surface area contributed by atoms with E-state index in [0.717, 1.165) is 12.8 Å². The lowest BCUT2D eigenvalue weighted by molar-refractivity contribution is 0.411. The van der Waals surface area contributed by atoms with E-state index in [9.17, 15) is 0 Å². The molecule has 0 aliphatic rings. The maximum Gasteiger partial charge on any atom is -0.0230 e. The van der Waals surface area contributed by atoms with Gasteiger partial charge in [0.2, 0.25) is 0 Å². The van der Waals surface area contributed by atoms with E-state index in [0.29, 0.717) is 10.8 Å². The maximum atomic E-state index is 2.26. The maximum absolute atomic E-state index is 2.26. The summed E-state index contributed by atoms with van der Waals surface area (Å²) in [5.41, 5.74) is 3.67. The summed E-state index contributed by atoms with van der Waals surface area (Å²) in [4.78, 5) is 0. The molecule has 0 amide bonds. The normalized spacial score (nSPS) is 11.5. The molecule has 0 fully saturated rings. The van der Waals surface area contributed by atoms with Gasteiger partial charge in [0.25, 0.3) is 0 Å². The van der Waals surface area contributed by atoms with Crippen LogP contribution >= 0.6 is 0 Å². The molecule has 0 saturated carbocycles. The molecule has 2 rings (SSSR count). The van der Waals surface area contributed by atoms with Crippen molar-refractivity contribution in [3.05, 3.63) is 71.8 Å². The topological polar surface area (TPSA) is 0 Å². The minimum Gasteiger partial charge on any atom is -0.0622 e. The summed E-state index contributed by atoms with van der Waals surface area (Å²) in [7, 11) is 0. The first-order valence-corrected chi connectivity index (χ1v) is 8.24. The van der Waals surface area contributed by atoms with Crippen LogP contribution in [0.2, 0.25) is 0 Å². The van der Waals surface area contributed by atoms with E-state index in [1.165, 1.54) is 11.1 Å². The number of rotatable bonds is 2. The van der Waals surface area contributed by atoms with Crippen molar-refractivity contribution in [3.8, 4) is 0 Å². The molecule has 0 spiro atoms. The number of hydrogen-bond acceptors (Lipinski definition) is 0. The van der Waals surface area contributed by atoms with Crippen molar-refractivity contribution in [3.63, 3.8) is 0 Å². The van der Waals surface area contributed by atoms with Gasteiger partial charge >= 0.3 is 0 Å². The van der Waals surface area contributed by atoms with Gasteiger partial charge in [0.1, 0.15) is 0 Å². The third-order valence-corrected chi connectivity index (χ3v) is 3.15. The highest BCUT2D eigenvalue weighted by Crippen LogP contribution is 2.20. The van der Waals surface area contributed by atoms with Crippen LogP contribution in [0.5, 0.6) is 0 Å². The van der Waals surface area contributed by atoms with Crippen LogP contribution < -0.4 is 0 Å². The zero-order chi connectivity index (χ0) is 16.6. The molecule has 120 valence electrons. The number of benzene rings is 2.